The molecular formula is C28H21FN8O5. The number of ether oxygens (including phenoxy) is 1. The summed E-state index contributed by atoms with van der Waals surface area (Å²) in [7, 11) is 1.31. The van der Waals surface area contributed by atoms with Gasteiger partial charge in [0.15, 0.2) is 22.7 Å². The standard InChI is InChI=1S/C28H21FN8O5/c1-41-19-4-2-15-12-37(25(38)23(15)24(19)29)13-28(26(39)35-27(40)36-28)20-8-17-18(42-20)5-7-22(33-17)34-21-6-3-14(9-30-21)16-10-31-32-11-16/h2-11H,12-13H2,1H3,(H,31,32)(H,30,33,34)(H2,35,36,39,40). The number of anilines is 2. The van der Waals surface area contributed by atoms with E-state index in [-0.39, 0.29) is 30.2 Å². The minimum Gasteiger partial charge on any atom is -0.494 e. The van der Waals surface area contributed by atoms with Gasteiger partial charge in [0.05, 0.1) is 25.4 Å². The number of imide groups is 1. The van der Waals surface area contributed by atoms with Crippen molar-refractivity contribution in [1.82, 2.24) is 35.7 Å². The molecule has 2 aliphatic rings. The van der Waals surface area contributed by atoms with E-state index in [9.17, 15) is 18.8 Å². The number of halogens is 1. The molecule has 2 aliphatic heterocycles. The van der Waals surface area contributed by atoms with Gasteiger partial charge in [0, 0.05) is 36.1 Å². The Balaban J connectivity index is 1.18. The highest BCUT2D eigenvalue weighted by Gasteiger charge is 2.53. The highest BCUT2D eigenvalue weighted by molar-refractivity contribution is 6.08. The fraction of sp³-hybridized carbons (Fsp3) is 0.143. The zero-order chi connectivity index (χ0) is 29.0. The van der Waals surface area contributed by atoms with E-state index < -0.39 is 29.2 Å². The van der Waals surface area contributed by atoms with Gasteiger partial charge in [-0.2, -0.15) is 5.10 Å². The first-order valence-electron chi connectivity index (χ1n) is 12.8. The number of fused-ring (bicyclic) bond motifs is 2. The van der Waals surface area contributed by atoms with Gasteiger partial charge in [-0.1, -0.05) is 6.07 Å². The molecule has 4 amide bonds. The summed E-state index contributed by atoms with van der Waals surface area (Å²) in [5.74, 6) is -1.13. The monoisotopic (exact) mass is 568 g/mol. The van der Waals surface area contributed by atoms with E-state index in [4.69, 9.17) is 9.15 Å². The van der Waals surface area contributed by atoms with Crippen LogP contribution < -0.4 is 20.7 Å². The van der Waals surface area contributed by atoms with E-state index in [1.807, 2.05) is 6.07 Å². The number of nitrogens with one attached hydrogen (secondary N) is 4. The topological polar surface area (TPSA) is 167 Å². The van der Waals surface area contributed by atoms with Crippen LogP contribution >= 0.6 is 0 Å². The van der Waals surface area contributed by atoms with Crippen LogP contribution in [-0.4, -0.2) is 56.6 Å². The van der Waals surface area contributed by atoms with E-state index in [1.165, 1.54) is 24.1 Å². The molecule has 14 heteroatoms. The Morgan fingerprint density at radius 3 is 2.67 bits per heavy atom. The quantitative estimate of drug-likeness (QED) is 0.216. The van der Waals surface area contributed by atoms with Gasteiger partial charge in [0.1, 0.15) is 22.9 Å². The molecule has 5 aromatic rings. The first-order chi connectivity index (χ1) is 20.3. The van der Waals surface area contributed by atoms with Crippen LogP contribution in [0.3, 0.4) is 0 Å². The highest BCUT2D eigenvalue weighted by Crippen LogP contribution is 2.36. The summed E-state index contributed by atoms with van der Waals surface area (Å²) in [5, 5.41) is 14.7. The van der Waals surface area contributed by atoms with Crippen molar-refractivity contribution in [2.45, 2.75) is 12.1 Å². The van der Waals surface area contributed by atoms with Crippen LogP contribution in [0.1, 0.15) is 21.7 Å². The molecule has 1 saturated heterocycles. The van der Waals surface area contributed by atoms with Crippen molar-refractivity contribution in [2.24, 2.45) is 0 Å². The lowest BCUT2D eigenvalue weighted by molar-refractivity contribution is -0.125. The number of aromatic nitrogens is 4. The third kappa shape index (κ3) is 3.99. The lowest BCUT2D eigenvalue weighted by Gasteiger charge is -2.28. The van der Waals surface area contributed by atoms with Crippen LogP contribution in [0.25, 0.3) is 22.2 Å². The summed E-state index contributed by atoms with van der Waals surface area (Å²) >= 11 is 0. The molecule has 6 heterocycles. The van der Waals surface area contributed by atoms with E-state index in [0.29, 0.717) is 28.3 Å². The summed E-state index contributed by atoms with van der Waals surface area (Å²) in [6.07, 6.45) is 5.17. The van der Waals surface area contributed by atoms with Crippen LogP contribution in [0.2, 0.25) is 0 Å². The second kappa shape index (κ2) is 9.40. The van der Waals surface area contributed by atoms with Crippen molar-refractivity contribution >= 4 is 40.6 Å². The van der Waals surface area contributed by atoms with Gasteiger partial charge in [-0.15, -0.1) is 0 Å². The molecule has 7 rings (SSSR count). The first kappa shape index (κ1) is 25.2. The average Bonchev–Trinajstić information content (AvgIpc) is 3.77. The number of nitrogens with zero attached hydrogens (tertiary/aromatic N) is 4. The number of carbonyl (C=O) groups is 3. The number of hydrogen-bond acceptors (Lipinski definition) is 9. The molecule has 13 nitrogen and oxygen atoms in total. The van der Waals surface area contributed by atoms with Gasteiger partial charge in [-0.3, -0.25) is 20.0 Å². The zero-order valence-corrected chi connectivity index (χ0v) is 21.9. The fourth-order valence-corrected chi connectivity index (χ4v) is 5.20. The van der Waals surface area contributed by atoms with Gasteiger partial charge in [-0.05, 0) is 35.9 Å². The molecule has 0 radical (unpaired) electrons. The van der Waals surface area contributed by atoms with Crippen LogP contribution in [0, 0.1) is 5.82 Å². The van der Waals surface area contributed by atoms with Gasteiger partial charge in [0.2, 0.25) is 0 Å². The highest BCUT2D eigenvalue weighted by atomic mass is 19.1. The first-order valence-corrected chi connectivity index (χ1v) is 12.8. The Morgan fingerprint density at radius 2 is 1.95 bits per heavy atom. The molecule has 0 aliphatic carbocycles. The second-order valence-corrected chi connectivity index (χ2v) is 9.83. The SMILES string of the molecule is COc1ccc2c(c1F)C(=O)N(CC1(c3cc4nc(Nc5ccc(-c6cn[nH]c6)cn5)ccc4o3)NC(=O)NC1=O)C2. The lowest BCUT2D eigenvalue weighted by atomic mass is 9.95. The van der Waals surface area contributed by atoms with Gasteiger partial charge in [0.25, 0.3) is 11.8 Å². The molecule has 42 heavy (non-hydrogen) atoms. The molecule has 0 spiro atoms. The summed E-state index contributed by atoms with van der Waals surface area (Å²) < 4.78 is 25.9. The predicted octanol–water partition coefficient (Wildman–Crippen LogP) is 3.19. The maximum atomic E-state index is 14.9. The molecular weight excluding hydrogens is 547 g/mol. The van der Waals surface area contributed by atoms with E-state index in [0.717, 1.165) is 11.1 Å². The van der Waals surface area contributed by atoms with Gasteiger partial charge < -0.3 is 24.7 Å². The summed E-state index contributed by atoms with van der Waals surface area (Å²) in [6.45, 7) is -0.281. The third-order valence-corrected chi connectivity index (χ3v) is 7.29. The Morgan fingerprint density at radius 1 is 1.10 bits per heavy atom. The van der Waals surface area contributed by atoms with Gasteiger partial charge >= 0.3 is 6.03 Å². The number of hydrogen-bond donors (Lipinski definition) is 4. The third-order valence-electron chi connectivity index (χ3n) is 7.29. The predicted molar refractivity (Wildman–Crippen MR) is 145 cm³/mol. The van der Waals surface area contributed by atoms with Crippen molar-refractivity contribution in [3.05, 3.63) is 83.8 Å². The molecule has 1 fully saturated rings. The van der Waals surface area contributed by atoms with Crippen molar-refractivity contribution in [3.63, 3.8) is 0 Å². The van der Waals surface area contributed by atoms with Gasteiger partial charge in [-0.25, -0.2) is 19.2 Å². The van der Waals surface area contributed by atoms with E-state index >= 15 is 0 Å². The number of methoxy groups -OCH3 is 1. The minimum absolute atomic E-state index is 0.0267. The van der Waals surface area contributed by atoms with Crippen molar-refractivity contribution in [3.8, 4) is 16.9 Å². The number of carbonyl (C=O) groups excluding carboxylic acids is 3. The number of benzene rings is 1. The minimum atomic E-state index is -1.77. The normalized spacial score (nSPS) is 17.9. The molecule has 1 unspecified atom stereocenters. The van der Waals surface area contributed by atoms with Crippen molar-refractivity contribution < 1.29 is 27.9 Å². The molecule has 4 N–H and O–H groups in total. The maximum absolute atomic E-state index is 14.9. The molecule has 1 aromatic carbocycles. The number of pyridine rings is 2. The van der Waals surface area contributed by atoms with Crippen molar-refractivity contribution in [1.29, 1.82) is 0 Å². The molecule has 210 valence electrons. The Bertz CT molecular complexity index is 1890. The Hall–Kier alpha value is -5.79. The maximum Gasteiger partial charge on any atom is 0.322 e. The van der Waals surface area contributed by atoms with E-state index in [2.05, 4.69) is 36.1 Å². The molecule has 0 bridgehead atoms. The smallest absolute Gasteiger partial charge is 0.322 e. The number of amides is 4. The second-order valence-electron chi connectivity index (χ2n) is 9.83. The number of rotatable bonds is 7. The van der Waals surface area contributed by atoms with E-state index in [1.54, 1.807) is 42.9 Å². The fourth-order valence-electron chi connectivity index (χ4n) is 5.20. The number of H-pyrrole nitrogens is 1. The number of furan rings is 1. The number of urea groups is 1. The Kier molecular flexibility index (Phi) is 5.64. The largest absolute Gasteiger partial charge is 0.494 e. The molecule has 1 atom stereocenters. The number of aromatic amines is 1. The summed E-state index contributed by atoms with van der Waals surface area (Å²) in [4.78, 5) is 49.0. The summed E-state index contributed by atoms with van der Waals surface area (Å²) in [6, 6.07) is 10.8. The lowest BCUT2D eigenvalue weighted by Crippen LogP contribution is -2.52. The van der Waals surface area contributed by atoms with Crippen molar-refractivity contribution in [2.75, 3.05) is 19.0 Å². The Labute approximate surface area is 236 Å². The molecule has 4 aromatic heterocycles. The average molecular weight is 569 g/mol. The summed E-state index contributed by atoms with van der Waals surface area (Å²) in [5.41, 5.74) is 1.06. The molecule has 0 saturated carbocycles. The van der Waals surface area contributed by atoms with Crippen LogP contribution in [0.4, 0.5) is 20.8 Å². The zero-order valence-electron chi connectivity index (χ0n) is 21.9. The van der Waals surface area contributed by atoms with Crippen LogP contribution in [-0.2, 0) is 16.9 Å². The van der Waals surface area contributed by atoms with Crippen LogP contribution in [0.15, 0.2) is 65.5 Å². The van der Waals surface area contributed by atoms with Crippen LogP contribution in [0.5, 0.6) is 5.75 Å².